The van der Waals surface area contributed by atoms with Crippen molar-refractivity contribution < 1.29 is 0 Å². The van der Waals surface area contributed by atoms with Crippen LogP contribution in [-0.4, -0.2) is 0 Å². The van der Waals surface area contributed by atoms with Gasteiger partial charge >= 0.3 is 0 Å². The molecular weight excluding hydrogens is 601 g/mol. The van der Waals surface area contributed by atoms with E-state index in [1.807, 2.05) is 11.3 Å². The Morgan fingerprint density at radius 3 is 1.77 bits per heavy atom. The topological polar surface area (TPSA) is 6.48 Å². The van der Waals surface area contributed by atoms with E-state index < -0.39 is 0 Å². The predicted molar refractivity (Wildman–Crippen MR) is 204 cm³/mol. The number of anilines is 6. The Morgan fingerprint density at radius 1 is 0.500 bits per heavy atom. The SMILES string of the molecule is c1ccc(N(c2ccc(C34CC5CCCC5(C3)C4)cc2)c2cccc(N(c3ccccc3)c3ccc4c(c3)sc3ccccc34)c2)cc1. The number of nitrogens with zero attached hydrogens (tertiary/aromatic N) is 2. The molecule has 4 aliphatic carbocycles. The van der Waals surface area contributed by atoms with Gasteiger partial charge in [-0.2, -0.15) is 0 Å². The van der Waals surface area contributed by atoms with Gasteiger partial charge in [-0.25, -0.2) is 0 Å². The molecule has 4 aliphatic rings. The van der Waals surface area contributed by atoms with E-state index in [-0.39, 0.29) is 0 Å². The van der Waals surface area contributed by atoms with Crippen molar-refractivity contribution in [3.8, 4) is 0 Å². The quantitative estimate of drug-likeness (QED) is 0.171. The van der Waals surface area contributed by atoms with Gasteiger partial charge in [-0.05, 0) is 127 Å². The lowest BCUT2D eigenvalue weighted by atomic mass is 9.56. The fraction of sp³-hybridized carbons (Fsp3) is 0.200. The third kappa shape index (κ3) is 4.37. The largest absolute Gasteiger partial charge is 0.310 e. The van der Waals surface area contributed by atoms with Gasteiger partial charge in [-0.3, -0.25) is 0 Å². The number of benzene rings is 6. The van der Waals surface area contributed by atoms with Crippen LogP contribution in [0.3, 0.4) is 0 Å². The standard InChI is InChI=1S/C45H38N2S/c1-3-12-34(13-4-1)46(36-22-20-32(21-23-36)45-29-33-11-10-26-44(33,30-45)31-45)37-16-9-17-38(27-37)47(35-14-5-2-6-15-35)39-24-25-41-40-18-7-8-19-42(40)48-43(41)28-39/h1-9,12-25,27-28,33H,10-11,26,29-31H2. The van der Waals surface area contributed by atoms with Gasteiger partial charge in [-0.15, -0.1) is 11.3 Å². The second kappa shape index (κ2) is 10.8. The molecule has 4 saturated carbocycles. The second-order valence-electron chi connectivity index (χ2n) is 14.5. The number of thiophene rings is 1. The first-order valence-electron chi connectivity index (χ1n) is 17.5. The summed E-state index contributed by atoms with van der Waals surface area (Å²) in [6, 6.07) is 55.9. The van der Waals surface area contributed by atoms with Gasteiger partial charge in [0.25, 0.3) is 0 Å². The number of fused-ring (bicyclic) bond motifs is 3. The molecule has 4 fully saturated rings. The molecule has 234 valence electrons. The van der Waals surface area contributed by atoms with Crippen molar-refractivity contribution in [2.45, 2.75) is 43.9 Å². The lowest BCUT2D eigenvalue weighted by Crippen LogP contribution is -2.40. The van der Waals surface area contributed by atoms with Crippen LogP contribution < -0.4 is 9.80 Å². The van der Waals surface area contributed by atoms with Crippen molar-refractivity contribution in [3.63, 3.8) is 0 Å². The maximum atomic E-state index is 2.44. The van der Waals surface area contributed by atoms with Crippen LogP contribution in [-0.2, 0) is 5.41 Å². The lowest BCUT2D eigenvalue weighted by Gasteiger charge is -2.48. The van der Waals surface area contributed by atoms with E-state index in [9.17, 15) is 0 Å². The van der Waals surface area contributed by atoms with Crippen LogP contribution in [0, 0.1) is 11.3 Å². The zero-order valence-corrected chi connectivity index (χ0v) is 27.9. The van der Waals surface area contributed by atoms with Gasteiger partial charge in [0.15, 0.2) is 0 Å². The maximum absolute atomic E-state index is 2.44. The molecule has 0 amide bonds. The molecule has 0 N–H and O–H groups in total. The number of hydrogen-bond donors (Lipinski definition) is 0. The Kier molecular flexibility index (Phi) is 6.36. The third-order valence-electron chi connectivity index (χ3n) is 11.8. The summed E-state index contributed by atoms with van der Waals surface area (Å²) in [4.78, 5) is 4.80. The first-order valence-corrected chi connectivity index (χ1v) is 18.3. The fourth-order valence-corrected chi connectivity index (χ4v) is 11.0. The summed E-state index contributed by atoms with van der Waals surface area (Å²) in [6.07, 6.45) is 8.60. The normalized spacial score (nSPS) is 22.5. The first kappa shape index (κ1) is 28.2. The Hall–Kier alpha value is -4.86. The maximum Gasteiger partial charge on any atom is 0.0482 e. The van der Waals surface area contributed by atoms with Crippen LogP contribution in [0.5, 0.6) is 0 Å². The van der Waals surface area contributed by atoms with Crippen LogP contribution in [0.25, 0.3) is 20.2 Å². The Labute approximate surface area is 286 Å². The number of rotatable bonds is 7. The molecule has 1 atom stereocenters. The molecule has 2 bridgehead atoms. The monoisotopic (exact) mass is 638 g/mol. The molecule has 6 aromatic carbocycles. The molecule has 48 heavy (non-hydrogen) atoms. The molecule has 1 spiro atoms. The average Bonchev–Trinajstić information content (AvgIpc) is 3.86. The molecule has 1 aromatic heterocycles. The summed E-state index contributed by atoms with van der Waals surface area (Å²) in [5.41, 5.74) is 9.60. The molecule has 0 saturated heterocycles. The molecule has 0 aliphatic heterocycles. The second-order valence-corrected chi connectivity index (χ2v) is 15.6. The van der Waals surface area contributed by atoms with Crippen LogP contribution in [0.4, 0.5) is 34.1 Å². The molecule has 2 nitrogen and oxygen atoms in total. The molecule has 7 aromatic rings. The van der Waals surface area contributed by atoms with E-state index >= 15 is 0 Å². The smallest absolute Gasteiger partial charge is 0.0482 e. The van der Waals surface area contributed by atoms with Crippen molar-refractivity contribution >= 4 is 65.6 Å². The van der Waals surface area contributed by atoms with Crippen LogP contribution in [0.15, 0.2) is 152 Å². The Balaban J connectivity index is 1.05. The van der Waals surface area contributed by atoms with Crippen molar-refractivity contribution in [2.24, 2.45) is 11.3 Å². The van der Waals surface area contributed by atoms with Gasteiger partial charge in [0.2, 0.25) is 0 Å². The highest BCUT2D eigenvalue weighted by molar-refractivity contribution is 7.25. The molecule has 1 unspecified atom stereocenters. The van der Waals surface area contributed by atoms with Crippen molar-refractivity contribution in [2.75, 3.05) is 9.80 Å². The van der Waals surface area contributed by atoms with Crippen LogP contribution in [0.1, 0.15) is 44.1 Å². The summed E-state index contributed by atoms with van der Waals surface area (Å²) in [6.45, 7) is 0. The van der Waals surface area contributed by atoms with E-state index in [2.05, 4.69) is 161 Å². The molecule has 11 rings (SSSR count). The summed E-state index contributed by atoms with van der Waals surface area (Å²) in [5.74, 6) is 0.966. The van der Waals surface area contributed by atoms with Gasteiger partial charge in [0, 0.05) is 54.3 Å². The zero-order chi connectivity index (χ0) is 31.7. The summed E-state index contributed by atoms with van der Waals surface area (Å²) < 4.78 is 2.63. The number of hydrogen-bond acceptors (Lipinski definition) is 3. The zero-order valence-electron chi connectivity index (χ0n) is 27.1. The summed E-state index contributed by atoms with van der Waals surface area (Å²) in [5, 5.41) is 2.64. The average molecular weight is 639 g/mol. The van der Waals surface area contributed by atoms with Gasteiger partial charge in [-0.1, -0.05) is 85.3 Å². The van der Waals surface area contributed by atoms with E-state index in [1.54, 1.807) is 5.56 Å². The fourth-order valence-electron chi connectivity index (χ4n) is 9.87. The Morgan fingerprint density at radius 2 is 1.06 bits per heavy atom. The van der Waals surface area contributed by atoms with Crippen molar-refractivity contribution in [1.29, 1.82) is 0 Å². The van der Waals surface area contributed by atoms with E-state index in [4.69, 9.17) is 0 Å². The molecule has 0 radical (unpaired) electrons. The molecule has 3 heteroatoms. The van der Waals surface area contributed by atoms with Gasteiger partial charge in [0.1, 0.15) is 0 Å². The van der Waals surface area contributed by atoms with Crippen molar-refractivity contribution in [1.82, 2.24) is 0 Å². The minimum atomic E-state index is 0.423. The van der Waals surface area contributed by atoms with E-state index in [1.165, 1.54) is 64.4 Å². The highest BCUT2D eigenvalue weighted by atomic mass is 32.1. The highest BCUT2D eigenvalue weighted by Gasteiger charge is 2.67. The molecular formula is C45H38N2S. The van der Waals surface area contributed by atoms with Crippen LogP contribution in [0.2, 0.25) is 0 Å². The van der Waals surface area contributed by atoms with Crippen molar-refractivity contribution in [3.05, 3.63) is 157 Å². The van der Waals surface area contributed by atoms with Gasteiger partial charge in [0.05, 0.1) is 0 Å². The van der Waals surface area contributed by atoms with Crippen LogP contribution >= 0.6 is 11.3 Å². The highest BCUT2D eigenvalue weighted by Crippen LogP contribution is 2.75. The summed E-state index contributed by atoms with van der Waals surface area (Å²) >= 11 is 1.87. The Bertz CT molecular complexity index is 2260. The van der Waals surface area contributed by atoms with E-state index in [0.29, 0.717) is 10.8 Å². The minimum absolute atomic E-state index is 0.423. The van der Waals surface area contributed by atoms with Gasteiger partial charge < -0.3 is 9.80 Å². The third-order valence-corrected chi connectivity index (χ3v) is 13.0. The predicted octanol–water partition coefficient (Wildman–Crippen LogP) is 13.2. The summed E-state index contributed by atoms with van der Waals surface area (Å²) in [7, 11) is 0. The molecule has 1 heterocycles. The lowest BCUT2D eigenvalue weighted by molar-refractivity contribution is 0.0973. The first-order chi connectivity index (χ1) is 23.7. The minimum Gasteiger partial charge on any atom is -0.310 e. The number of para-hydroxylation sites is 2. The van der Waals surface area contributed by atoms with E-state index in [0.717, 1.165) is 34.4 Å².